The molecule has 0 saturated carbocycles. The molecule has 0 heterocycles. The Kier molecular flexibility index (Phi) is 6.50. The van der Waals surface area contributed by atoms with Gasteiger partial charge in [-0.3, -0.25) is 9.59 Å². The van der Waals surface area contributed by atoms with Crippen molar-refractivity contribution in [2.24, 2.45) is 0 Å². The number of hydrogen-bond acceptors (Lipinski definition) is 4. The summed E-state index contributed by atoms with van der Waals surface area (Å²) < 4.78 is 10.3. The number of methoxy groups -OCH3 is 2. The Hall–Kier alpha value is -2.44. The van der Waals surface area contributed by atoms with E-state index in [9.17, 15) is 9.59 Å². The molecular weight excluding hydrogens is 367 g/mol. The lowest BCUT2D eigenvalue weighted by molar-refractivity contribution is -0.123. The van der Waals surface area contributed by atoms with Crippen molar-refractivity contribution >= 4 is 46.4 Å². The fourth-order valence-electron chi connectivity index (χ4n) is 2.02. The number of nitrogens with one attached hydrogen (secondary N) is 2. The summed E-state index contributed by atoms with van der Waals surface area (Å²) in [6.07, 6.45) is -0.366. The molecule has 0 aromatic heterocycles. The first-order valence-electron chi connectivity index (χ1n) is 7.19. The second kappa shape index (κ2) is 8.60. The fourth-order valence-corrected chi connectivity index (χ4v) is 2.32. The van der Waals surface area contributed by atoms with E-state index in [0.29, 0.717) is 32.9 Å². The highest BCUT2D eigenvalue weighted by Crippen LogP contribution is 2.29. The number of ether oxygens (including phenoxy) is 2. The maximum atomic E-state index is 12.1. The third kappa shape index (κ3) is 5.27. The van der Waals surface area contributed by atoms with Gasteiger partial charge < -0.3 is 20.1 Å². The molecule has 0 bridgehead atoms. The van der Waals surface area contributed by atoms with Crippen LogP contribution >= 0.6 is 23.2 Å². The minimum atomic E-state index is -0.485. The monoisotopic (exact) mass is 382 g/mol. The molecule has 2 N–H and O–H groups in total. The van der Waals surface area contributed by atoms with Crippen molar-refractivity contribution in [2.75, 3.05) is 24.9 Å². The second-order valence-electron chi connectivity index (χ2n) is 4.97. The number of benzene rings is 2. The van der Waals surface area contributed by atoms with Gasteiger partial charge in [0.1, 0.15) is 17.9 Å². The molecule has 6 nitrogen and oxygen atoms in total. The van der Waals surface area contributed by atoms with Gasteiger partial charge >= 0.3 is 0 Å². The quantitative estimate of drug-likeness (QED) is 0.740. The van der Waals surface area contributed by atoms with E-state index < -0.39 is 11.8 Å². The van der Waals surface area contributed by atoms with E-state index >= 15 is 0 Å². The van der Waals surface area contributed by atoms with Gasteiger partial charge in [-0.2, -0.15) is 0 Å². The summed E-state index contributed by atoms with van der Waals surface area (Å²) in [5.74, 6) is 0.0502. The Bertz CT molecular complexity index is 796. The van der Waals surface area contributed by atoms with Crippen LogP contribution in [-0.4, -0.2) is 26.0 Å². The van der Waals surface area contributed by atoms with Gasteiger partial charge in [-0.1, -0.05) is 23.2 Å². The van der Waals surface area contributed by atoms with Crippen molar-refractivity contribution < 1.29 is 19.1 Å². The molecule has 132 valence electrons. The molecule has 0 radical (unpaired) electrons. The fraction of sp³-hybridized carbons (Fsp3) is 0.176. The molecule has 2 rings (SSSR count). The largest absolute Gasteiger partial charge is 0.497 e. The van der Waals surface area contributed by atoms with Crippen LogP contribution in [0.1, 0.15) is 6.42 Å². The molecule has 0 fully saturated rings. The highest BCUT2D eigenvalue weighted by molar-refractivity contribution is 6.42. The first-order chi connectivity index (χ1) is 11.9. The number of carbonyl (C=O) groups excluding carboxylic acids is 2. The van der Waals surface area contributed by atoms with E-state index in [0.717, 1.165) is 0 Å². The molecule has 2 amide bonds. The Morgan fingerprint density at radius 1 is 0.920 bits per heavy atom. The van der Waals surface area contributed by atoms with E-state index in [1.807, 2.05) is 0 Å². The van der Waals surface area contributed by atoms with Crippen LogP contribution in [0.2, 0.25) is 10.0 Å². The first-order valence-corrected chi connectivity index (χ1v) is 7.95. The molecule has 0 spiro atoms. The lowest BCUT2D eigenvalue weighted by atomic mass is 10.2. The number of anilines is 2. The maximum absolute atomic E-state index is 12.1. The van der Waals surface area contributed by atoms with Crippen molar-refractivity contribution in [3.05, 3.63) is 46.4 Å². The van der Waals surface area contributed by atoms with E-state index in [2.05, 4.69) is 10.6 Å². The van der Waals surface area contributed by atoms with Crippen LogP contribution in [0.4, 0.5) is 11.4 Å². The minimum absolute atomic E-state index is 0.312. The van der Waals surface area contributed by atoms with Gasteiger partial charge in [0.25, 0.3) is 0 Å². The molecule has 8 heteroatoms. The van der Waals surface area contributed by atoms with E-state index in [1.165, 1.54) is 20.3 Å². The van der Waals surface area contributed by atoms with Gasteiger partial charge in [-0.25, -0.2) is 0 Å². The summed E-state index contributed by atoms with van der Waals surface area (Å²) >= 11 is 11.7. The number of carbonyl (C=O) groups is 2. The zero-order chi connectivity index (χ0) is 18.4. The maximum Gasteiger partial charge on any atom is 0.233 e. The standard InChI is InChI=1S/C17H16Cl2N2O4/c1-24-11-4-6-14(15(8-11)25-2)21-17(23)9-16(22)20-10-3-5-12(18)13(19)7-10/h3-8H,9H2,1-2H3,(H,20,22)(H,21,23). The molecule has 0 aliphatic rings. The van der Waals surface area contributed by atoms with Crippen LogP contribution in [0.3, 0.4) is 0 Å². The summed E-state index contributed by atoms with van der Waals surface area (Å²) in [6, 6.07) is 9.59. The predicted molar refractivity (Wildman–Crippen MR) is 97.9 cm³/mol. The number of amides is 2. The van der Waals surface area contributed by atoms with Crippen molar-refractivity contribution in [3.63, 3.8) is 0 Å². The molecular formula is C17H16Cl2N2O4. The Balaban J connectivity index is 1.97. The molecule has 0 aliphatic heterocycles. The van der Waals surface area contributed by atoms with Crippen LogP contribution in [0.5, 0.6) is 11.5 Å². The number of rotatable bonds is 6. The summed E-state index contributed by atoms with van der Waals surface area (Å²) in [7, 11) is 3.00. The van der Waals surface area contributed by atoms with E-state index in [1.54, 1.807) is 30.3 Å². The van der Waals surface area contributed by atoms with Gasteiger partial charge in [0.2, 0.25) is 11.8 Å². The molecule has 0 aliphatic carbocycles. The predicted octanol–water partition coefficient (Wildman–Crippen LogP) is 3.98. The smallest absolute Gasteiger partial charge is 0.233 e. The number of halogens is 2. The summed E-state index contributed by atoms with van der Waals surface area (Å²) in [6.45, 7) is 0. The zero-order valence-corrected chi connectivity index (χ0v) is 15.1. The van der Waals surface area contributed by atoms with Crippen molar-refractivity contribution in [3.8, 4) is 11.5 Å². The summed E-state index contributed by atoms with van der Waals surface area (Å²) in [5, 5.41) is 5.89. The molecule has 0 atom stereocenters. The lowest BCUT2D eigenvalue weighted by Gasteiger charge is -2.12. The van der Waals surface area contributed by atoms with Gasteiger partial charge in [-0.05, 0) is 30.3 Å². The topological polar surface area (TPSA) is 76.7 Å². The summed E-state index contributed by atoms with van der Waals surface area (Å²) in [4.78, 5) is 24.0. The molecule has 25 heavy (non-hydrogen) atoms. The molecule has 2 aromatic rings. The Labute approximate surface area is 155 Å². The molecule has 0 saturated heterocycles. The third-order valence-corrected chi connectivity index (χ3v) is 3.95. The van der Waals surface area contributed by atoms with Crippen molar-refractivity contribution in [2.45, 2.75) is 6.42 Å². The number of hydrogen-bond donors (Lipinski definition) is 2. The highest BCUT2D eigenvalue weighted by Gasteiger charge is 2.13. The van der Waals surface area contributed by atoms with Gasteiger partial charge in [0.05, 0.1) is 30.0 Å². The molecule has 0 unspecified atom stereocenters. The normalized spacial score (nSPS) is 10.1. The average Bonchev–Trinajstić information content (AvgIpc) is 2.58. The van der Waals surface area contributed by atoms with Gasteiger partial charge in [0, 0.05) is 11.8 Å². The van der Waals surface area contributed by atoms with E-state index in [-0.39, 0.29) is 6.42 Å². The lowest BCUT2D eigenvalue weighted by Crippen LogP contribution is -2.21. The average molecular weight is 383 g/mol. The van der Waals surface area contributed by atoms with Crippen LogP contribution in [0, 0.1) is 0 Å². The van der Waals surface area contributed by atoms with Gasteiger partial charge in [-0.15, -0.1) is 0 Å². The van der Waals surface area contributed by atoms with Crippen LogP contribution in [0.15, 0.2) is 36.4 Å². The van der Waals surface area contributed by atoms with Crippen LogP contribution in [0.25, 0.3) is 0 Å². The Morgan fingerprint density at radius 2 is 1.64 bits per heavy atom. The summed E-state index contributed by atoms with van der Waals surface area (Å²) in [5.41, 5.74) is 0.893. The SMILES string of the molecule is COc1ccc(NC(=O)CC(=O)Nc2ccc(Cl)c(Cl)c2)c(OC)c1. The van der Waals surface area contributed by atoms with Crippen molar-refractivity contribution in [1.82, 2.24) is 0 Å². The first kappa shape index (κ1) is 18.9. The minimum Gasteiger partial charge on any atom is -0.497 e. The second-order valence-corrected chi connectivity index (χ2v) is 5.78. The zero-order valence-electron chi connectivity index (χ0n) is 13.6. The third-order valence-electron chi connectivity index (χ3n) is 3.21. The van der Waals surface area contributed by atoms with Crippen molar-refractivity contribution in [1.29, 1.82) is 0 Å². The highest BCUT2D eigenvalue weighted by atomic mass is 35.5. The van der Waals surface area contributed by atoms with E-state index in [4.69, 9.17) is 32.7 Å². The van der Waals surface area contributed by atoms with Gasteiger partial charge in [0.15, 0.2) is 0 Å². The van der Waals surface area contributed by atoms with Crippen LogP contribution < -0.4 is 20.1 Å². The Morgan fingerprint density at radius 3 is 2.28 bits per heavy atom. The molecule has 2 aromatic carbocycles. The van der Waals surface area contributed by atoms with Crippen LogP contribution in [-0.2, 0) is 9.59 Å².